The third-order valence-electron chi connectivity index (χ3n) is 7.92. The number of nitrogens with one attached hydrogen (secondary N) is 2. The zero-order chi connectivity index (χ0) is 24.0. The molecule has 0 unspecified atom stereocenters. The lowest BCUT2D eigenvalue weighted by molar-refractivity contribution is 0.0385. The Morgan fingerprint density at radius 3 is 1.31 bits per heavy atom. The van der Waals surface area contributed by atoms with Gasteiger partial charge in [-0.15, -0.1) is 0 Å². The van der Waals surface area contributed by atoms with Gasteiger partial charge in [-0.3, -0.25) is 9.80 Å². The minimum Gasteiger partial charge on any atom is -0.379 e. The molecular weight excluding hydrogens is 435 g/mol. The summed E-state index contributed by atoms with van der Waals surface area (Å²) in [6.07, 6.45) is 1.40. The van der Waals surface area contributed by atoms with Gasteiger partial charge in [-0.05, 0) is 13.1 Å². The number of ether oxygens (including phenoxy) is 2. The van der Waals surface area contributed by atoms with E-state index in [-0.39, 0.29) is 0 Å². The average molecular weight is 479 g/mol. The first-order valence-corrected chi connectivity index (χ1v) is 13.7. The van der Waals surface area contributed by atoms with Crippen molar-refractivity contribution in [2.24, 2.45) is 0 Å². The van der Waals surface area contributed by atoms with Crippen LogP contribution in [0.15, 0.2) is 60.7 Å². The minimum absolute atomic E-state index is 0.792. The molecule has 0 radical (unpaired) electrons. The van der Waals surface area contributed by atoms with Crippen LogP contribution in [-0.4, -0.2) is 108 Å². The van der Waals surface area contributed by atoms with E-state index in [2.05, 4.69) is 81.1 Å². The van der Waals surface area contributed by atoms with Gasteiger partial charge < -0.3 is 20.1 Å². The second-order valence-electron chi connectivity index (χ2n) is 10.1. The molecule has 2 aromatic rings. The molecule has 5 rings (SSSR count). The third-order valence-corrected chi connectivity index (χ3v) is 7.92. The maximum atomic E-state index is 5.97. The maximum absolute atomic E-state index is 5.97. The van der Waals surface area contributed by atoms with Crippen molar-refractivity contribution >= 4 is 17.1 Å². The van der Waals surface area contributed by atoms with Crippen molar-refractivity contribution in [2.45, 2.75) is 12.6 Å². The van der Waals surface area contributed by atoms with Gasteiger partial charge in [-0.2, -0.15) is 12.6 Å². The molecule has 0 saturated carbocycles. The highest BCUT2D eigenvalue weighted by molar-refractivity contribution is 7.02. The zero-order valence-electron chi connectivity index (χ0n) is 21.4. The summed E-state index contributed by atoms with van der Waals surface area (Å²) in [5, 5.41) is 7.55. The van der Waals surface area contributed by atoms with Crippen molar-refractivity contribution in [1.82, 2.24) is 20.4 Å². The van der Waals surface area contributed by atoms with Gasteiger partial charge in [0.25, 0.3) is 0 Å². The summed E-state index contributed by atoms with van der Waals surface area (Å²) in [4.78, 5) is 4.96. The molecule has 3 aliphatic heterocycles. The van der Waals surface area contributed by atoms with E-state index in [0.29, 0.717) is 0 Å². The van der Waals surface area contributed by atoms with Crippen molar-refractivity contribution < 1.29 is 9.47 Å². The van der Waals surface area contributed by atoms with Crippen LogP contribution in [0.3, 0.4) is 0 Å². The Hall–Kier alpha value is -1.74. The molecule has 0 amide bonds. The normalized spacial score (nSPS) is 25.9. The Bertz CT molecular complexity index is 745. The van der Waals surface area contributed by atoms with Crippen LogP contribution in [0.5, 0.6) is 0 Å². The van der Waals surface area contributed by atoms with E-state index in [1.165, 1.54) is 10.9 Å². The number of fused-ring (bicyclic) bond motifs is 18. The summed E-state index contributed by atoms with van der Waals surface area (Å²) >= 11 is 0. The number of benzene rings is 2. The van der Waals surface area contributed by atoms with Gasteiger partial charge in [0.05, 0.1) is 32.6 Å². The lowest BCUT2D eigenvalue weighted by Gasteiger charge is -2.42. The van der Waals surface area contributed by atoms with Gasteiger partial charge in [0, 0.05) is 52.4 Å². The van der Waals surface area contributed by atoms with E-state index in [9.17, 15) is 0 Å². The molecule has 0 aliphatic carbocycles. The quantitative estimate of drug-likeness (QED) is 0.630. The van der Waals surface area contributed by atoms with Gasteiger partial charge in [-0.1, -0.05) is 60.7 Å². The molecule has 6 nitrogen and oxygen atoms in total. The van der Waals surface area contributed by atoms with Crippen LogP contribution in [-0.2, 0) is 9.47 Å². The van der Waals surface area contributed by atoms with Crippen molar-refractivity contribution in [2.75, 3.05) is 91.9 Å². The first kappa shape index (κ1) is 26.3. The monoisotopic (exact) mass is 479 g/mol. The van der Waals surface area contributed by atoms with E-state index in [0.717, 1.165) is 105 Å². The van der Waals surface area contributed by atoms with Crippen LogP contribution < -0.4 is 21.6 Å². The largest absolute Gasteiger partial charge is 0.379 e. The molecule has 3 saturated heterocycles. The predicted molar refractivity (Wildman–Crippen MR) is 148 cm³/mol. The summed E-state index contributed by atoms with van der Waals surface area (Å²) in [5.41, 5.74) is 2.95. The van der Waals surface area contributed by atoms with E-state index >= 15 is 0 Å². The van der Waals surface area contributed by atoms with Crippen molar-refractivity contribution in [3.05, 3.63) is 60.7 Å². The fourth-order valence-corrected chi connectivity index (χ4v) is 5.72. The zero-order valence-corrected chi connectivity index (χ0v) is 21.4. The molecule has 3 fully saturated rings. The molecular formula is C28H44BN4O2-. The molecule has 3 heterocycles. The summed E-state index contributed by atoms with van der Waals surface area (Å²) < 4.78 is 11.9. The van der Waals surface area contributed by atoms with Gasteiger partial charge in [0.15, 0.2) is 0 Å². The Kier molecular flexibility index (Phi) is 11.1. The molecule has 0 atom stereocenters. The van der Waals surface area contributed by atoms with E-state index < -0.39 is 6.15 Å². The number of hydrogen-bond acceptors (Lipinski definition) is 6. The van der Waals surface area contributed by atoms with Gasteiger partial charge in [0.1, 0.15) is 0 Å². The highest BCUT2D eigenvalue weighted by Gasteiger charge is 2.27. The van der Waals surface area contributed by atoms with Crippen LogP contribution >= 0.6 is 0 Å². The predicted octanol–water partition coefficient (Wildman–Crippen LogP) is 1.09. The summed E-state index contributed by atoms with van der Waals surface area (Å²) in [7, 11) is 0. The standard InChI is InChI=1S/C28H44BN4O2/c1-3-7-27(8-4-1)29(28-9-5-2-6-10-28)11-13-30-15-17-32-19-23-34-25-21-33(18-16-31-14-12-29)22-26-35-24-20-32/h1-10,30-31H,11-26H2/q-1. The second-order valence-corrected chi connectivity index (χ2v) is 10.1. The van der Waals surface area contributed by atoms with E-state index in [1.54, 1.807) is 0 Å². The average Bonchev–Trinajstić information content (AvgIpc) is 2.90. The molecule has 0 aromatic heterocycles. The lowest BCUT2D eigenvalue weighted by atomic mass is 9.15. The minimum atomic E-state index is -0.871. The first-order chi connectivity index (χ1) is 17.4. The van der Waals surface area contributed by atoms with Crippen LogP contribution in [0.2, 0.25) is 12.6 Å². The Morgan fingerprint density at radius 2 is 0.914 bits per heavy atom. The maximum Gasteiger partial charge on any atom is 0.0594 e. The third kappa shape index (κ3) is 8.14. The van der Waals surface area contributed by atoms with Gasteiger partial charge >= 0.3 is 0 Å². The Labute approximate surface area is 212 Å². The summed E-state index contributed by atoms with van der Waals surface area (Å²) in [6.45, 7) is 13.1. The highest BCUT2D eigenvalue weighted by Crippen LogP contribution is 2.16. The van der Waals surface area contributed by atoms with E-state index in [1.807, 2.05) is 0 Å². The molecule has 2 aromatic carbocycles. The van der Waals surface area contributed by atoms with Crippen molar-refractivity contribution in [3.8, 4) is 0 Å². The molecule has 2 N–H and O–H groups in total. The molecule has 35 heavy (non-hydrogen) atoms. The SMILES string of the molecule is c1ccc([B-]2(c3ccccc3)CCNCCN3CCOCCN(CCNCC2)CCOCC3)cc1. The lowest BCUT2D eigenvalue weighted by Crippen LogP contribution is -2.60. The number of nitrogens with zero attached hydrogens (tertiary/aromatic N) is 2. The Balaban J connectivity index is 1.53. The number of rotatable bonds is 2. The van der Waals surface area contributed by atoms with Crippen LogP contribution in [0.1, 0.15) is 0 Å². The summed E-state index contributed by atoms with van der Waals surface area (Å²) in [5.74, 6) is 0. The fraction of sp³-hybridized carbons (Fsp3) is 0.571. The molecule has 3 aliphatic rings. The molecule has 2 bridgehead atoms. The second kappa shape index (κ2) is 14.7. The number of hydrogen-bond donors (Lipinski definition) is 2. The van der Waals surface area contributed by atoms with Crippen LogP contribution in [0.25, 0.3) is 0 Å². The van der Waals surface area contributed by atoms with Gasteiger partial charge in [-0.25, -0.2) is 10.9 Å². The van der Waals surface area contributed by atoms with Crippen molar-refractivity contribution in [1.29, 1.82) is 0 Å². The smallest absolute Gasteiger partial charge is 0.0594 e. The van der Waals surface area contributed by atoms with Gasteiger partial charge in [0.2, 0.25) is 0 Å². The van der Waals surface area contributed by atoms with Crippen molar-refractivity contribution in [3.63, 3.8) is 0 Å². The highest BCUT2D eigenvalue weighted by atomic mass is 16.5. The first-order valence-electron chi connectivity index (χ1n) is 13.7. The molecule has 192 valence electrons. The molecule has 7 heteroatoms. The Morgan fingerprint density at radius 1 is 0.514 bits per heavy atom. The van der Waals surface area contributed by atoms with Crippen LogP contribution in [0, 0.1) is 0 Å². The summed E-state index contributed by atoms with van der Waals surface area (Å²) in [6, 6.07) is 22.4. The fourth-order valence-electron chi connectivity index (χ4n) is 5.72. The topological polar surface area (TPSA) is 49.0 Å². The molecule has 0 spiro atoms. The van der Waals surface area contributed by atoms with E-state index in [4.69, 9.17) is 9.47 Å². The van der Waals surface area contributed by atoms with Crippen LogP contribution in [0.4, 0.5) is 0 Å².